The van der Waals surface area contributed by atoms with E-state index in [9.17, 15) is 9.59 Å². The number of benzene rings is 1. The molecule has 2 rings (SSSR count). The summed E-state index contributed by atoms with van der Waals surface area (Å²) in [6.45, 7) is 2.31. The third kappa shape index (κ3) is 4.19. The maximum Gasteiger partial charge on any atom is 0.329 e. The van der Waals surface area contributed by atoms with Crippen molar-refractivity contribution in [2.75, 3.05) is 19.7 Å². The number of ether oxygens (including phenoxy) is 1. The molecular formula is C13H12I3NO4. The van der Waals surface area contributed by atoms with Crippen molar-refractivity contribution in [3.63, 3.8) is 0 Å². The van der Waals surface area contributed by atoms with E-state index in [1.165, 1.54) is 0 Å². The number of carboxylic acid groups (broad SMARTS) is 1. The fourth-order valence-electron chi connectivity index (χ4n) is 2.11. The molecule has 8 heteroatoms. The van der Waals surface area contributed by atoms with Gasteiger partial charge in [0.25, 0.3) is 5.91 Å². The lowest BCUT2D eigenvalue weighted by atomic mass is 9.95. The molecule has 21 heavy (non-hydrogen) atoms. The minimum atomic E-state index is -0.997. The standard InChI is InChI=1S/C13H12I3NO4/c1-13(21-4-10(18)19)5-17(6-13)12(20)8-2-7(14)3-9(15)11(8)16/h2-3H,4-6H2,1H3,(H,18,19). The van der Waals surface area contributed by atoms with Gasteiger partial charge in [-0.05, 0) is 86.8 Å². The second-order valence-electron chi connectivity index (χ2n) is 5.04. The van der Waals surface area contributed by atoms with Crippen LogP contribution in [-0.2, 0) is 9.53 Å². The van der Waals surface area contributed by atoms with Gasteiger partial charge in [0, 0.05) is 10.7 Å². The van der Waals surface area contributed by atoms with Crippen LogP contribution in [0.15, 0.2) is 12.1 Å². The molecule has 0 bridgehead atoms. The van der Waals surface area contributed by atoms with E-state index in [2.05, 4.69) is 67.8 Å². The molecule has 1 fully saturated rings. The Morgan fingerprint density at radius 3 is 2.52 bits per heavy atom. The van der Waals surface area contributed by atoms with Gasteiger partial charge in [-0.3, -0.25) is 4.79 Å². The molecule has 1 saturated heterocycles. The summed E-state index contributed by atoms with van der Waals surface area (Å²) in [6.07, 6.45) is 0. The number of carbonyl (C=O) groups is 2. The maximum absolute atomic E-state index is 12.5. The lowest BCUT2D eigenvalue weighted by Crippen LogP contribution is -2.63. The van der Waals surface area contributed by atoms with E-state index < -0.39 is 11.6 Å². The molecule has 0 aliphatic carbocycles. The van der Waals surface area contributed by atoms with Gasteiger partial charge in [0.1, 0.15) is 12.2 Å². The van der Waals surface area contributed by atoms with Crippen LogP contribution in [0.2, 0.25) is 0 Å². The van der Waals surface area contributed by atoms with Crippen LogP contribution >= 0.6 is 67.8 Å². The first-order valence-corrected chi connectivity index (χ1v) is 9.25. The summed E-state index contributed by atoms with van der Waals surface area (Å²) < 4.78 is 8.34. The summed E-state index contributed by atoms with van der Waals surface area (Å²) in [7, 11) is 0. The van der Waals surface area contributed by atoms with Crippen LogP contribution in [0.3, 0.4) is 0 Å². The quantitative estimate of drug-likeness (QED) is 0.413. The SMILES string of the molecule is CC1(OCC(=O)O)CN(C(=O)c2cc(I)cc(I)c2I)C1. The van der Waals surface area contributed by atoms with E-state index in [-0.39, 0.29) is 12.5 Å². The molecule has 0 spiro atoms. The third-order valence-corrected chi connectivity index (χ3v) is 6.77. The van der Waals surface area contributed by atoms with Crippen molar-refractivity contribution in [2.24, 2.45) is 0 Å². The Morgan fingerprint density at radius 1 is 1.33 bits per heavy atom. The van der Waals surface area contributed by atoms with Gasteiger partial charge in [0.05, 0.1) is 18.7 Å². The highest BCUT2D eigenvalue weighted by Crippen LogP contribution is 2.29. The molecule has 1 amide bonds. The second-order valence-corrected chi connectivity index (χ2v) is 8.53. The van der Waals surface area contributed by atoms with Crippen molar-refractivity contribution in [1.82, 2.24) is 4.90 Å². The van der Waals surface area contributed by atoms with E-state index >= 15 is 0 Å². The van der Waals surface area contributed by atoms with Gasteiger partial charge in [-0.25, -0.2) is 4.79 Å². The Balaban J connectivity index is 2.06. The van der Waals surface area contributed by atoms with Crippen molar-refractivity contribution in [3.05, 3.63) is 28.4 Å². The van der Waals surface area contributed by atoms with E-state index in [4.69, 9.17) is 9.84 Å². The fourth-order valence-corrected chi connectivity index (χ4v) is 4.50. The van der Waals surface area contributed by atoms with Crippen molar-refractivity contribution in [2.45, 2.75) is 12.5 Å². The zero-order chi connectivity index (χ0) is 15.8. The van der Waals surface area contributed by atoms with Crippen molar-refractivity contribution < 1.29 is 19.4 Å². The molecule has 1 aromatic rings. The Hall–Kier alpha value is 0.310. The number of hydrogen-bond acceptors (Lipinski definition) is 3. The molecule has 0 atom stereocenters. The lowest BCUT2D eigenvalue weighted by Gasteiger charge is -2.47. The van der Waals surface area contributed by atoms with Gasteiger partial charge in [-0.2, -0.15) is 0 Å². The van der Waals surface area contributed by atoms with Crippen LogP contribution in [0, 0.1) is 10.7 Å². The van der Waals surface area contributed by atoms with Gasteiger partial charge >= 0.3 is 5.97 Å². The average molecular weight is 627 g/mol. The zero-order valence-corrected chi connectivity index (χ0v) is 17.5. The number of likely N-dealkylation sites (tertiary alicyclic amines) is 1. The molecule has 1 aliphatic heterocycles. The van der Waals surface area contributed by atoms with Gasteiger partial charge in [0.15, 0.2) is 0 Å². The second kappa shape index (κ2) is 6.83. The number of carboxylic acids is 1. The van der Waals surface area contributed by atoms with E-state index in [0.717, 1.165) is 10.7 Å². The van der Waals surface area contributed by atoms with Crippen molar-refractivity contribution in [1.29, 1.82) is 0 Å². The first-order chi connectivity index (χ1) is 9.72. The minimum absolute atomic E-state index is 0.0350. The van der Waals surface area contributed by atoms with E-state index in [1.54, 1.807) is 4.90 Å². The molecular weight excluding hydrogens is 615 g/mol. The van der Waals surface area contributed by atoms with Crippen LogP contribution < -0.4 is 0 Å². The highest BCUT2D eigenvalue weighted by atomic mass is 127. The Bertz CT molecular complexity index is 599. The largest absolute Gasteiger partial charge is 0.480 e. The summed E-state index contributed by atoms with van der Waals surface area (Å²) in [5.41, 5.74) is 0.126. The first kappa shape index (κ1) is 17.7. The fraction of sp³-hybridized carbons (Fsp3) is 0.385. The van der Waals surface area contributed by atoms with Gasteiger partial charge in [-0.1, -0.05) is 0 Å². The molecule has 5 nitrogen and oxygen atoms in total. The van der Waals surface area contributed by atoms with Crippen LogP contribution in [0.1, 0.15) is 17.3 Å². The summed E-state index contributed by atoms with van der Waals surface area (Å²) in [6, 6.07) is 3.90. The summed E-state index contributed by atoms with van der Waals surface area (Å²) in [5.74, 6) is -1.03. The van der Waals surface area contributed by atoms with Crippen LogP contribution in [-0.4, -0.2) is 47.2 Å². The molecule has 114 valence electrons. The first-order valence-electron chi connectivity index (χ1n) is 6.01. The molecule has 0 saturated carbocycles. The molecule has 1 aromatic carbocycles. The summed E-state index contributed by atoms with van der Waals surface area (Å²) in [5, 5.41) is 8.64. The third-order valence-electron chi connectivity index (χ3n) is 3.11. The Kier molecular flexibility index (Phi) is 5.74. The van der Waals surface area contributed by atoms with Crippen LogP contribution in [0.5, 0.6) is 0 Å². The molecule has 1 heterocycles. The van der Waals surface area contributed by atoms with Gasteiger partial charge in [0.2, 0.25) is 0 Å². The lowest BCUT2D eigenvalue weighted by molar-refractivity contribution is -0.159. The van der Waals surface area contributed by atoms with Crippen LogP contribution in [0.25, 0.3) is 0 Å². The monoisotopic (exact) mass is 627 g/mol. The predicted octanol–water partition coefficient (Wildman–Crippen LogP) is 2.82. The smallest absolute Gasteiger partial charge is 0.329 e. The van der Waals surface area contributed by atoms with Crippen molar-refractivity contribution >= 4 is 79.6 Å². The number of halogens is 3. The van der Waals surface area contributed by atoms with E-state index in [0.29, 0.717) is 18.7 Å². The Labute approximate surface area is 163 Å². The average Bonchev–Trinajstić information content (AvgIpc) is 2.36. The van der Waals surface area contributed by atoms with Crippen molar-refractivity contribution in [3.8, 4) is 0 Å². The highest BCUT2D eigenvalue weighted by molar-refractivity contribution is 14.1. The number of rotatable bonds is 4. The number of amides is 1. The topological polar surface area (TPSA) is 66.8 Å². The summed E-state index contributed by atoms with van der Waals surface area (Å²) >= 11 is 6.59. The molecule has 0 aromatic heterocycles. The van der Waals surface area contributed by atoms with E-state index in [1.807, 2.05) is 19.1 Å². The number of carbonyl (C=O) groups excluding carboxylic acids is 1. The van der Waals surface area contributed by atoms with Gasteiger partial charge in [-0.15, -0.1) is 0 Å². The number of nitrogens with zero attached hydrogens (tertiary/aromatic N) is 1. The number of hydrogen-bond donors (Lipinski definition) is 1. The van der Waals surface area contributed by atoms with Gasteiger partial charge < -0.3 is 14.7 Å². The number of aliphatic carboxylic acids is 1. The highest BCUT2D eigenvalue weighted by Gasteiger charge is 2.43. The normalized spacial score (nSPS) is 16.5. The molecule has 0 radical (unpaired) electrons. The van der Waals surface area contributed by atoms with Crippen LogP contribution in [0.4, 0.5) is 0 Å². The molecule has 0 unspecified atom stereocenters. The zero-order valence-electron chi connectivity index (χ0n) is 11.0. The molecule has 1 aliphatic rings. The molecule has 1 N–H and O–H groups in total. The summed E-state index contributed by atoms with van der Waals surface area (Å²) in [4.78, 5) is 24.7. The minimum Gasteiger partial charge on any atom is -0.480 e. The maximum atomic E-state index is 12.5. The Morgan fingerprint density at radius 2 is 1.95 bits per heavy atom. The predicted molar refractivity (Wildman–Crippen MR) is 102 cm³/mol.